The highest BCUT2D eigenvalue weighted by molar-refractivity contribution is 9.10. The number of carboxylic acids is 1. The van der Waals surface area contributed by atoms with Crippen molar-refractivity contribution in [1.82, 2.24) is 9.55 Å². The van der Waals surface area contributed by atoms with Crippen LogP contribution in [0.5, 0.6) is 0 Å². The molecule has 2 atom stereocenters. The summed E-state index contributed by atoms with van der Waals surface area (Å²) >= 11 is 3.41. The van der Waals surface area contributed by atoms with Crippen LogP contribution in [0.25, 0.3) is 10.9 Å². The van der Waals surface area contributed by atoms with Gasteiger partial charge in [0.1, 0.15) is 0 Å². The summed E-state index contributed by atoms with van der Waals surface area (Å²) in [5.41, 5.74) is 0.922. The predicted octanol–water partition coefficient (Wildman–Crippen LogP) is 4.04. The second-order valence-corrected chi connectivity index (χ2v) is 10.4. The minimum Gasteiger partial charge on any atom is -0.481 e. The molecule has 150 valence electrons. The molecule has 1 N–H and O–H groups in total. The Morgan fingerprint density at radius 3 is 2.79 bits per heavy atom. The molecule has 2 bridgehead atoms. The molecule has 0 radical (unpaired) electrons. The number of carbonyl (C=O) groups is 1. The van der Waals surface area contributed by atoms with Crippen LogP contribution in [0.3, 0.4) is 0 Å². The van der Waals surface area contributed by atoms with Crippen LogP contribution >= 0.6 is 15.9 Å². The van der Waals surface area contributed by atoms with Gasteiger partial charge in [-0.15, -0.1) is 0 Å². The lowest BCUT2D eigenvalue weighted by Crippen LogP contribution is -2.38. The van der Waals surface area contributed by atoms with E-state index in [1.54, 1.807) is 10.6 Å². The molecule has 7 heteroatoms. The molecule has 1 aliphatic carbocycles. The maximum atomic E-state index is 13.3. The molecule has 1 aromatic heterocycles. The standard InChI is InChI=1S/C21H26BrN3O3/c1-20(2)9-14-10-21(3,11-20)12-25(14)19-23-16-5-4-13(22)8-15(16)18(28)24(19)7-6-17(26)27/h4-5,8,14H,6-7,9-12H2,1-3H3,(H,26,27). The Labute approximate surface area is 172 Å². The molecule has 1 aromatic carbocycles. The van der Waals surface area contributed by atoms with Gasteiger partial charge in [-0.2, -0.15) is 0 Å². The summed E-state index contributed by atoms with van der Waals surface area (Å²) in [7, 11) is 0. The molecule has 4 rings (SSSR count). The summed E-state index contributed by atoms with van der Waals surface area (Å²) in [4.78, 5) is 31.6. The quantitative estimate of drug-likeness (QED) is 0.764. The molecule has 28 heavy (non-hydrogen) atoms. The lowest BCUT2D eigenvalue weighted by molar-refractivity contribution is -0.137. The molecule has 2 fully saturated rings. The number of aromatic nitrogens is 2. The minimum atomic E-state index is -0.916. The summed E-state index contributed by atoms with van der Waals surface area (Å²) < 4.78 is 2.38. The fourth-order valence-corrected chi connectivity index (χ4v) is 5.86. The lowest BCUT2D eigenvalue weighted by Gasteiger charge is -2.39. The van der Waals surface area contributed by atoms with E-state index in [0.29, 0.717) is 22.9 Å². The fraction of sp³-hybridized carbons (Fsp3) is 0.571. The summed E-state index contributed by atoms with van der Waals surface area (Å²) in [6.45, 7) is 7.91. The van der Waals surface area contributed by atoms with E-state index < -0.39 is 5.97 Å². The number of halogens is 1. The molecule has 6 nitrogen and oxygen atoms in total. The second-order valence-electron chi connectivity index (χ2n) is 9.52. The predicted molar refractivity (Wildman–Crippen MR) is 113 cm³/mol. The maximum absolute atomic E-state index is 13.3. The normalized spacial score (nSPS) is 26.0. The summed E-state index contributed by atoms with van der Waals surface area (Å²) in [6, 6.07) is 5.81. The van der Waals surface area contributed by atoms with Gasteiger partial charge in [-0.3, -0.25) is 14.2 Å². The van der Waals surface area contributed by atoms with Crippen molar-refractivity contribution in [1.29, 1.82) is 0 Å². The van der Waals surface area contributed by atoms with Gasteiger partial charge in [0.15, 0.2) is 0 Å². The average molecular weight is 448 g/mol. The lowest BCUT2D eigenvalue weighted by atomic mass is 9.65. The van der Waals surface area contributed by atoms with Crippen LogP contribution in [-0.4, -0.2) is 33.2 Å². The van der Waals surface area contributed by atoms with E-state index in [9.17, 15) is 14.7 Å². The average Bonchev–Trinajstić information content (AvgIpc) is 2.83. The van der Waals surface area contributed by atoms with Gasteiger partial charge < -0.3 is 10.0 Å². The Morgan fingerprint density at radius 2 is 2.07 bits per heavy atom. The van der Waals surface area contributed by atoms with Crippen LogP contribution in [0.15, 0.2) is 27.5 Å². The number of hydrogen-bond donors (Lipinski definition) is 1. The second kappa shape index (κ2) is 6.58. The van der Waals surface area contributed by atoms with Gasteiger partial charge in [0.25, 0.3) is 5.56 Å². The van der Waals surface area contributed by atoms with Crippen LogP contribution in [0.4, 0.5) is 5.95 Å². The van der Waals surface area contributed by atoms with Crippen molar-refractivity contribution in [2.45, 2.75) is 59.0 Å². The Balaban J connectivity index is 1.86. The van der Waals surface area contributed by atoms with Crippen molar-refractivity contribution in [2.24, 2.45) is 10.8 Å². The van der Waals surface area contributed by atoms with Gasteiger partial charge in [0, 0.05) is 23.6 Å². The van der Waals surface area contributed by atoms with E-state index in [2.05, 4.69) is 41.6 Å². The molecular weight excluding hydrogens is 422 g/mol. The zero-order valence-corrected chi connectivity index (χ0v) is 18.1. The van der Waals surface area contributed by atoms with Crippen LogP contribution in [0, 0.1) is 10.8 Å². The van der Waals surface area contributed by atoms with E-state index in [1.807, 2.05) is 12.1 Å². The van der Waals surface area contributed by atoms with Crippen molar-refractivity contribution in [3.05, 3.63) is 33.0 Å². The first-order chi connectivity index (χ1) is 13.1. The number of carboxylic acid groups (broad SMARTS) is 1. The van der Waals surface area contributed by atoms with Gasteiger partial charge >= 0.3 is 5.97 Å². The third-order valence-electron chi connectivity index (χ3n) is 6.12. The van der Waals surface area contributed by atoms with Crippen LogP contribution < -0.4 is 10.5 Å². The van der Waals surface area contributed by atoms with E-state index in [-0.39, 0.29) is 29.4 Å². The van der Waals surface area contributed by atoms with Gasteiger partial charge in [0.05, 0.1) is 17.3 Å². The monoisotopic (exact) mass is 447 g/mol. The molecule has 0 amide bonds. The zero-order valence-electron chi connectivity index (χ0n) is 16.5. The molecule has 1 saturated carbocycles. The fourth-order valence-electron chi connectivity index (χ4n) is 5.50. The highest BCUT2D eigenvalue weighted by atomic mass is 79.9. The van der Waals surface area contributed by atoms with Crippen LogP contribution in [-0.2, 0) is 11.3 Å². The van der Waals surface area contributed by atoms with Crippen LogP contribution in [0.2, 0.25) is 0 Å². The molecule has 0 spiro atoms. The number of benzene rings is 1. The highest BCUT2D eigenvalue weighted by Gasteiger charge is 2.50. The number of rotatable bonds is 4. The minimum absolute atomic E-state index is 0.102. The number of aliphatic carboxylic acids is 1. The Hall–Kier alpha value is -1.89. The molecule has 1 aliphatic heterocycles. The summed E-state index contributed by atoms with van der Waals surface area (Å²) in [5.74, 6) is -0.298. The van der Waals surface area contributed by atoms with Gasteiger partial charge in [-0.25, -0.2) is 4.98 Å². The first-order valence-corrected chi connectivity index (χ1v) is 10.5. The van der Waals surface area contributed by atoms with Crippen molar-refractivity contribution < 1.29 is 9.90 Å². The van der Waals surface area contributed by atoms with Crippen molar-refractivity contribution >= 4 is 38.8 Å². The third kappa shape index (κ3) is 3.45. The van der Waals surface area contributed by atoms with E-state index >= 15 is 0 Å². The topological polar surface area (TPSA) is 75.4 Å². The Kier molecular flexibility index (Phi) is 4.56. The van der Waals surface area contributed by atoms with Crippen molar-refractivity contribution in [3.63, 3.8) is 0 Å². The SMILES string of the molecule is CC1(C)CC2CC(C)(CN2c2nc3ccc(Br)cc3c(=O)n2CCC(=O)O)C1. The number of nitrogens with zero attached hydrogens (tertiary/aromatic N) is 3. The first kappa shape index (κ1) is 19.4. The van der Waals surface area contributed by atoms with Gasteiger partial charge in [-0.05, 0) is 48.3 Å². The largest absolute Gasteiger partial charge is 0.481 e. The number of hydrogen-bond acceptors (Lipinski definition) is 4. The maximum Gasteiger partial charge on any atom is 0.305 e. The Morgan fingerprint density at radius 1 is 1.32 bits per heavy atom. The van der Waals surface area contributed by atoms with Gasteiger partial charge in [-0.1, -0.05) is 36.7 Å². The van der Waals surface area contributed by atoms with Crippen molar-refractivity contribution in [3.8, 4) is 0 Å². The molecular formula is C21H26BrN3O3. The van der Waals surface area contributed by atoms with Crippen LogP contribution in [0.1, 0.15) is 46.5 Å². The van der Waals surface area contributed by atoms with E-state index in [4.69, 9.17) is 4.98 Å². The summed E-state index contributed by atoms with van der Waals surface area (Å²) in [6.07, 6.45) is 3.18. The van der Waals surface area contributed by atoms with Gasteiger partial charge in [0.2, 0.25) is 5.95 Å². The number of fused-ring (bicyclic) bond motifs is 3. The molecule has 2 aromatic rings. The summed E-state index contributed by atoms with van der Waals surface area (Å²) in [5, 5.41) is 9.69. The molecule has 2 heterocycles. The smallest absolute Gasteiger partial charge is 0.305 e. The third-order valence-corrected chi connectivity index (χ3v) is 6.61. The molecule has 1 saturated heterocycles. The first-order valence-electron chi connectivity index (χ1n) is 9.76. The van der Waals surface area contributed by atoms with E-state index in [0.717, 1.165) is 30.3 Å². The highest BCUT2D eigenvalue weighted by Crippen LogP contribution is 2.53. The Bertz CT molecular complexity index is 1020. The van der Waals surface area contributed by atoms with E-state index in [1.165, 1.54) is 0 Å². The zero-order chi connectivity index (χ0) is 20.3. The number of anilines is 1. The molecule has 2 unspecified atom stereocenters. The van der Waals surface area contributed by atoms with Crippen molar-refractivity contribution in [2.75, 3.05) is 11.4 Å². The molecule has 2 aliphatic rings.